The predicted molar refractivity (Wildman–Crippen MR) is 106 cm³/mol. The van der Waals surface area contributed by atoms with Gasteiger partial charge >= 0.3 is 0 Å². The van der Waals surface area contributed by atoms with Crippen LogP contribution in [0.1, 0.15) is 36.2 Å². The van der Waals surface area contributed by atoms with Crippen LogP contribution in [0.3, 0.4) is 0 Å². The summed E-state index contributed by atoms with van der Waals surface area (Å²) in [5.41, 5.74) is 1.64. The lowest BCUT2D eigenvalue weighted by Crippen LogP contribution is -2.34. The molecule has 2 rings (SSSR count). The average Bonchev–Trinajstić information content (AvgIpc) is 2.62. The van der Waals surface area contributed by atoms with Gasteiger partial charge in [0.05, 0.1) is 18.2 Å². The topological polar surface area (TPSA) is 74.2 Å². The number of nitrogens with one attached hydrogen (secondary N) is 2. The van der Waals surface area contributed by atoms with Gasteiger partial charge in [-0.05, 0) is 67.0 Å². The average molecular weight is 367 g/mol. The molecular weight excluding hydrogens is 346 g/mol. The van der Waals surface area contributed by atoms with Crippen LogP contribution in [0.4, 0.5) is 5.69 Å². The molecule has 6 heteroatoms. The van der Waals surface area contributed by atoms with E-state index in [4.69, 9.17) is 22.2 Å². The zero-order valence-corrected chi connectivity index (χ0v) is 15.6. The number of hydrogen-bond acceptors (Lipinski definition) is 4. The number of carbonyl (C=O) groups is 1. The lowest BCUT2D eigenvalue weighted by atomic mass is 10.1. The Labute approximate surface area is 159 Å². The summed E-state index contributed by atoms with van der Waals surface area (Å²) in [7, 11) is 0. The monoisotopic (exact) mass is 367 g/mol. The third kappa shape index (κ3) is 6.19. The van der Waals surface area contributed by atoms with Crippen molar-refractivity contribution in [1.29, 1.82) is 5.26 Å². The van der Waals surface area contributed by atoms with Gasteiger partial charge in [-0.2, -0.15) is 5.26 Å². The van der Waals surface area contributed by atoms with Gasteiger partial charge < -0.3 is 10.1 Å². The molecule has 0 bridgehead atoms. The predicted octanol–water partition coefficient (Wildman–Crippen LogP) is 4.11. The van der Waals surface area contributed by atoms with Crippen molar-refractivity contribution in [3.05, 3.63) is 59.7 Å². The van der Waals surface area contributed by atoms with Gasteiger partial charge in [0.1, 0.15) is 5.75 Å². The summed E-state index contributed by atoms with van der Waals surface area (Å²) in [4.78, 5) is 12.3. The number of nitriles is 1. The van der Waals surface area contributed by atoms with E-state index in [9.17, 15) is 4.79 Å². The van der Waals surface area contributed by atoms with Crippen LogP contribution in [-0.2, 0) is 0 Å². The van der Waals surface area contributed by atoms with Crippen LogP contribution in [0.25, 0.3) is 0 Å². The standard InChI is InChI=1S/C20H21N3O2S/c1-14(2)10-11-25-18-8-6-16(7-9-18)19(24)23-20(26)22-17-5-3-4-15(12-17)13-21/h3-9,12,14H,10-11H2,1-2H3,(H2,22,23,24,26). The molecule has 2 N–H and O–H groups in total. The highest BCUT2D eigenvalue weighted by Gasteiger charge is 2.08. The Balaban J connectivity index is 1.88. The fraction of sp³-hybridized carbons (Fsp3) is 0.250. The van der Waals surface area contributed by atoms with Gasteiger partial charge in [-0.3, -0.25) is 10.1 Å². The molecule has 0 saturated heterocycles. The number of amides is 1. The summed E-state index contributed by atoms with van der Waals surface area (Å²) in [6.07, 6.45) is 0.981. The molecule has 0 spiro atoms. The minimum atomic E-state index is -0.312. The van der Waals surface area contributed by atoms with Crippen molar-refractivity contribution in [2.45, 2.75) is 20.3 Å². The van der Waals surface area contributed by atoms with Crippen LogP contribution in [0, 0.1) is 17.2 Å². The number of thiocarbonyl (C=S) groups is 1. The van der Waals surface area contributed by atoms with Crippen LogP contribution in [0.2, 0.25) is 0 Å². The van der Waals surface area contributed by atoms with Crippen molar-refractivity contribution >= 4 is 28.9 Å². The first-order valence-corrected chi connectivity index (χ1v) is 8.74. The highest BCUT2D eigenvalue weighted by molar-refractivity contribution is 7.80. The van der Waals surface area contributed by atoms with Crippen molar-refractivity contribution in [2.24, 2.45) is 5.92 Å². The maximum Gasteiger partial charge on any atom is 0.257 e. The SMILES string of the molecule is CC(C)CCOc1ccc(C(=O)NC(=S)Nc2cccc(C#N)c2)cc1. The number of rotatable bonds is 6. The Hall–Kier alpha value is -2.91. The second-order valence-electron chi connectivity index (χ2n) is 6.16. The van der Waals surface area contributed by atoms with Crippen molar-refractivity contribution in [1.82, 2.24) is 5.32 Å². The Morgan fingerprint density at radius 3 is 2.62 bits per heavy atom. The molecule has 0 aliphatic carbocycles. The first-order valence-electron chi connectivity index (χ1n) is 8.33. The molecule has 0 aromatic heterocycles. The molecule has 5 nitrogen and oxygen atoms in total. The van der Waals surface area contributed by atoms with Crippen LogP contribution in [0.5, 0.6) is 5.75 Å². The molecule has 0 atom stereocenters. The molecular formula is C20H21N3O2S. The van der Waals surface area contributed by atoms with E-state index in [0.717, 1.165) is 12.2 Å². The number of carbonyl (C=O) groups excluding carboxylic acids is 1. The smallest absolute Gasteiger partial charge is 0.257 e. The van der Waals surface area contributed by atoms with E-state index in [1.165, 1.54) is 0 Å². The fourth-order valence-electron chi connectivity index (χ4n) is 2.12. The van der Waals surface area contributed by atoms with Gasteiger partial charge in [-0.25, -0.2) is 0 Å². The van der Waals surface area contributed by atoms with E-state index < -0.39 is 0 Å². The highest BCUT2D eigenvalue weighted by Crippen LogP contribution is 2.14. The van der Waals surface area contributed by atoms with Gasteiger partial charge in [0.2, 0.25) is 0 Å². The normalized spacial score (nSPS) is 10.1. The molecule has 134 valence electrons. The van der Waals surface area contributed by atoms with Crippen molar-refractivity contribution in [3.63, 3.8) is 0 Å². The molecule has 1 amide bonds. The summed E-state index contributed by atoms with van der Waals surface area (Å²) >= 11 is 5.15. The highest BCUT2D eigenvalue weighted by atomic mass is 32.1. The zero-order valence-electron chi connectivity index (χ0n) is 14.8. The van der Waals surface area contributed by atoms with Crippen LogP contribution in [0.15, 0.2) is 48.5 Å². The minimum absolute atomic E-state index is 0.169. The Kier molecular flexibility index (Phi) is 7.12. The number of nitrogens with zero attached hydrogens (tertiary/aromatic N) is 1. The number of hydrogen-bond donors (Lipinski definition) is 2. The van der Waals surface area contributed by atoms with Crippen LogP contribution >= 0.6 is 12.2 Å². The van der Waals surface area contributed by atoms with Gasteiger partial charge in [0.25, 0.3) is 5.91 Å². The van der Waals surface area contributed by atoms with Gasteiger partial charge in [0, 0.05) is 11.3 Å². The fourth-order valence-corrected chi connectivity index (χ4v) is 2.33. The first kappa shape index (κ1) is 19.4. The molecule has 0 saturated carbocycles. The largest absolute Gasteiger partial charge is 0.494 e. The minimum Gasteiger partial charge on any atom is -0.494 e. The van der Waals surface area contributed by atoms with E-state index in [2.05, 4.69) is 30.6 Å². The van der Waals surface area contributed by atoms with E-state index in [1.807, 2.05) is 0 Å². The first-order chi connectivity index (χ1) is 12.5. The lowest BCUT2D eigenvalue weighted by molar-refractivity contribution is 0.0977. The maximum absolute atomic E-state index is 12.3. The van der Waals surface area contributed by atoms with Gasteiger partial charge in [-0.15, -0.1) is 0 Å². The van der Waals surface area contributed by atoms with Crippen LogP contribution in [-0.4, -0.2) is 17.6 Å². The summed E-state index contributed by atoms with van der Waals surface area (Å²) in [5, 5.41) is 14.6. The molecule has 0 radical (unpaired) electrons. The number of benzene rings is 2. The summed E-state index contributed by atoms with van der Waals surface area (Å²) < 4.78 is 5.64. The van der Waals surface area contributed by atoms with Gasteiger partial charge in [0.15, 0.2) is 5.11 Å². The molecule has 0 aliphatic heterocycles. The molecule has 2 aromatic rings. The maximum atomic E-state index is 12.3. The third-order valence-electron chi connectivity index (χ3n) is 3.56. The van der Waals surface area contributed by atoms with Crippen molar-refractivity contribution < 1.29 is 9.53 Å². The lowest BCUT2D eigenvalue weighted by Gasteiger charge is -2.11. The van der Waals surface area contributed by atoms with Gasteiger partial charge in [-0.1, -0.05) is 19.9 Å². The summed E-state index contributed by atoms with van der Waals surface area (Å²) in [6, 6.07) is 15.8. The molecule has 0 fully saturated rings. The Morgan fingerprint density at radius 1 is 1.23 bits per heavy atom. The van der Waals surface area contributed by atoms with E-state index in [1.54, 1.807) is 48.5 Å². The summed E-state index contributed by atoms with van der Waals surface area (Å²) in [5.74, 6) is 1.01. The second-order valence-corrected chi connectivity index (χ2v) is 6.56. The second kappa shape index (κ2) is 9.54. The Morgan fingerprint density at radius 2 is 1.96 bits per heavy atom. The quantitative estimate of drug-likeness (QED) is 0.752. The molecule has 0 heterocycles. The molecule has 26 heavy (non-hydrogen) atoms. The molecule has 2 aromatic carbocycles. The molecule has 0 aliphatic rings. The van der Waals surface area contributed by atoms with Crippen LogP contribution < -0.4 is 15.4 Å². The number of anilines is 1. The van der Waals surface area contributed by atoms with Crippen molar-refractivity contribution in [3.8, 4) is 11.8 Å². The Bertz CT molecular complexity index is 811. The van der Waals surface area contributed by atoms with E-state index >= 15 is 0 Å². The zero-order chi connectivity index (χ0) is 18.9. The molecule has 0 unspecified atom stereocenters. The number of ether oxygens (including phenoxy) is 1. The van der Waals surface area contributed by atoms with E-state index in [0.29, 0.717) is 29.3 Å². The van der Waals surface area contributed by atoms with Crippen molar-refractivity contribution in [2.75, 3.05) is 11.9 Å². The summed E-state index contributed by atoms with van der Waals surface area (Å²) in [6.45, 7) is 4.94. The van der Waals surface area contributed by atoms with E-state index in [-0.39, 0.29) is 11.0 Å². The third-order valence-corrected chi connectivity index (χ3v) is 3.76.